The number of carbonyl (C=O) groups excluding carboxylic acids is 1. The van der Waals surface area contributed by atoms with Crippen LogP contribution in [0.4, 0.5) is 0 Å². The number of carbonyl (C=O) groups is 1. The van der Waals surface area contributed by atoms with E-state index in [4.69, 9.17) is 5.73 Å². The number of ketones is 1. The predicted octanol–water partition coefficient (Wildman–Crippen LogP) is 1.62. The van der Waals surface area contributed by atoms with Crippen molar-refractivity contribution in [3.05, 3.63) is 0 Å². The van der Waals surface area contributed by atoms with Crippen LogP contribution in [0.15, 0.2) is 0 Å². The summed E-state index contributed by atoms with van der Waals surface area (Å²) >= 11 is 0. The standard InChI is InChI=1S/C13H23NO2/c14-11(8-9-4-2-1-3-5-9)13(16)12(15)10-6-7-10/h9-12,15H,1-8,14H2/t11-,12?/m0/s1. The maximum atomic E-state index is 11.8. The second kappa shape index (κ2) is 5.28. The Morgan fingerprint density at radius 1 is 1.19 bits per heavy atom. The van der Waals surface area contributed by atoms with Crippen LogP contribution in [0.3, 0.4) is 0 Å². The number of nitrogens with two attached hydrogens (primary N) is 1. The number of aliphatic hydroxyl groups excluding tert-OH is 1. The van der Waals surface area contributed by atoms with Crippen LogP contribution in [-0.2, 0) is 4.79 Å². The minimum atomic E-state index is -0.779. The third-order valence-corrected chi connectivity index (χ3v) is 4.04. The average Bonchev–Trinajstić information content (AvgIpc) is 3.12. The molecule has 1 unspecified atom stereocenters. The van der Waals surface area contributed by atoms with Crippen LogP contribution < -0.4 is 5.73 Å². The summed E-state index contributed by atoms with van der Waals surface area (Å²) in [5, 5.41) is 9.73. The normalized spacial score (nSPS) is 26.4. The van der Waals surface area contributed by atoms with Crippen LogP contribution in [0.2, 0.25) is 0 Å². The summed E-state index contributed by atoms with van der Waals surface area (Å²) in [5.41, 5.74) is 5.91. The molecule has 0 bridgehead atoms. The molecule has 0 aromatic rings. The fourth-order valence-electron chi connectivity index (χ4n) is 2.76. The Hall–Kier alpha value is -0.410. The van der Waals surface area contributed by atoms with Crippen molar-refractivity contribution in [2.24, 2.45) is 17.6 Å². The molecule has 2 aliphatic carbocycles. The molecule has 0 amide bonds. The molecule has 0 saturated heterocycles. The molecule has 0 spiro atoms. The van der Waals surface area contributed by atoms with Crippen molar-refractivity contribution in [2.45, 2.75) is 63.5 Å². The van der Waals surface area contributed by atoms with E-state index in [9.17, 15) is 9.90 Å². The van der Waals surface area contributed by atoms with Gasteiger partial charge in [0.05, 0.1) is 6.04 Å². The Balaban J connectivity index is 1.76. The Labute approximate surface area is 97.4 Å². The Bertz CT molecular complexity index is 244. The van der Waals surface area contributed by atoms with Crippen LogP contribution in [0.5, 0.6) is 0 Å². The Morgan fingerprint density at radius 3 is 2.38 bits per heavy atom. The number of Topliss-reactive ketones (excluding diaryl/α,β-unsaturated/α-hetero) is 1. The van der Waals surface area contributed by atoms with Gasteiger partial charge in [0.15, 0.2) is 5.78 Å². The van der Waals surface area contributed by atoms with E-state index < -0.39 is 12.1 Å². The summed E-state index contributed by atoms with van der Waals surface area (Å²) in [6.07, 6.45) is 8.27. The summed E-state index contributed by atoms with van der Waals surface area (Å²) < 4.78 is 0. The van der Waals surface area contributed by atoms with E-state index in [1.165, 1.54) is 32.1 Å². The number of aliphatic hydroxyl groups is 1. The Morgan fingerprint density at radius 2 is 1.81 bits per heavy atom. The summed E-state index contributed by atoms with van der Waals surface area (Å²) in [7, 11) is 0. The molecule has 2 fully saturated rings. The minimum Gasteiger partial charge on any atom is -0.385 e. The number of hydrogen-bond acceptors (Lipinski definition) is 3. The summed E-state index contributed by atoms with van der Waals surface area (Å²) in [6.45, 7) is 0. The molecule has 0 aromatic heterocycles. The highest BCUT2D eigenvalue weighted by Crippen LogP contribution is 2.34. The van der Waals surface area contributed by atoms with Crippen molar-refractivity contribution in [3.63, 3.8) is 0 Å². The van der Waals surface area contributed by atoms with Gasteiger partial charge in [-0.05, 0) is 31.1 Å². The summed E-state index contributed by atoms with van der Waals surface area (Å²) in [6, 6.07) is -0.432. The van der Waals surface area contributed by atoms with Crippen molar-refractivity contribution >= 4 is 5.78 Å². The summed E-state index contributed by atoms with van der Waals surface area (Å²) in [4.78, 5) is 11.8. The van der Waals surface area contributed by atoms with Crippen LogP contribution >= 0.6 is 0 Å². The largest absolute Gasteiger partial charge is 0.385 e. The van der Waals surface area contributed by atoms with Crippen molar-refractivity contribution in [2.75, 3.05) is 0 Å². The topological polar surface area (TPSA) is 63.3 Å². The molecule has 2 atom stereocenters. The molecule has 3 heteroatoms. The highest BCUT2D eigenvalue weighted by atomic mass is 16.3. The average molecular weight is 225 g/mol. The first-order valence-corrected chi connectivity index (χ1v) is 6.66. The molecule has 92 valence electrons. The van der Waals surface area contributed by atoms with Crippen LogP contribution in [-0.4, -0.2) is 23.0 Å². The van der Waals surface area contributed by atoms with Crippen molar-refractivity contribution < 1.29 is 9.90 Å². The lowest BCUT2D eigenvalue weighted by Gasteiger charge is -2.24. The van der Waals surface area contributed by atoms with Gasteiger partial charge in [0.1, 0.15) is 6.10 Å². The van der Waals surface area contributed by atoms with Gasteiger partial charge < -0.3 is 10.8 Å². The fraction of sp³-hybridized carbons (Fsp3) is 0.923. The quantitative estimate of drug-likeness (QED) is 0.747. The smallest absolute Gasteiger partial charge is 0.178 e. The maximum absolute atomic E-state index is 11.8. The van der Waals surface area contributed by atoms with Gasteiger partial charge in [-0.25, -0.2) is 0 Å². The van der Waals surface area contributed by atoms with E-state index in [2.05, 4.69) is 0 Å². The van der Waals surface area contributed by atoms with E-state index in [1.807, 2.05) is 0 Å². The number of hydrogen-bond donors (Lipinski definition) is 2. The first-order valence-electron chi connectivity index (χ1n) is 6.66. The van der Waals surface area contributed by atoms with Crippen LogP contribution in [0, 0.1) is 11.8 Å². The molecule has 2 aliphatic rings. The molecule has 0 radical (unpaired) electrons. The SMILES string of the molecule is N[C@@H](CC1CCCCC1)C(=O)C(O)C1CC1. The molecule has 2 rings (SSSR count). The third kappa shape index (κ3) is 3.05. The highest BCUT2D eigenvalue weighted by molar-refractivity contribution is 5.88. The zero-order valence-electron chi connectivity index (χ0n) is 9.90. The molecule has 2 saturated carbocycles. The van der Waals surface area contributed by atoms with E-state index >= 15 is 0 Å². The van der Waals surface area contributed by atoms with E-state index in [1.54, 1.807) is 0 Å². The van der Waals surface area contributed by atoms with Crippen LogP contribution in [0.1, 0.15) is 51.4 Å². The van der Waals surface area contributed by atoms with E-state index in [0.717, 1.165) is 19.3 Å². The molecule has 3 N–H and O–H groups in total. The third-order valence-electron chi connectivity index (χ3n) is 4.04. The lowest BCUT2D eigenvalue weighted by Crippen LogP contribution is -2.41. The molecular weight excluding hydrogens is 202 g/mol. The van der Waals surface area contributed by atoms with Gasteiger partial charge in [-0.3, -0.25) is 4.79 Å². The van der Waals surface area contributed by atoms with Gasteiger partial charge in [0.25, 0.3) is 0 Å². The molecule has 16 heavy (non-hydrogen) atoms. The zero-order chi connectivity index (χ0) is 11.5. The maximum Gasteiger partial charge on any atom is 0.178 e. The molecule has 0 heterocycles. The van der Waals surface area contributed by atoms with Gasteiger partial charge in [-0.15, -0.1) is 0 Å². The van der Waals surface area contributed by atoms with Crippen LogP contribution in [0.25, 0.3) is 0 Å². The van der Waals surface area contributed by atoms with Gasteiger partial charge in [0, 0.05) is 0 Å². The van der Waals surface area contributed by atoms with E-state index in [-0.39, 0.29) is 11.7 Å². The lowest BCUT2D eigenvalue weighted by atomic mass is 9.83. The first kappa shape index (κ1) is 12.1. The zero-order valence-corrected chi connectivity index (χ0v) is 9.90. The molecule has 3 nitrogen and oxygen atoms in total. The Kier molecular flexibility index (Phi) is 3.98. The van der Waals surface area contributed by atoms with Crippen molar-refractivity contribution in [1.29, 1.82) is 0 Å². The predicted molar refractivity (Wildman–Crippen MR) is 62.9 cm³/mol. The van der Waals surface area contributed by atoms with Gasteiger partial charge in [0.2, 0.25) is 0 Å². The molecule has 0 aromatic carbocycles. The fourth-order valence-corrected chi connectivity index (χ4v) is 2.76. The van der Waals surface area contributed by atoms with Crippen molar-refractivity contribution in [3.8, 4) is 0 Å². The number of rotatable bonds is 5. The lowest BCUT2D eigenvalue weighted by molar-refractivity contribution is -0.129. The monoisotopic (exact) mass is 225 g/mol. The minimum absolute atomic E-state index is 0.118. The summed E-state index contributed by atoms with van der Waals surface area (Å²) in [5.74, 6) is 0.706. The second-order valence-corrected chi connectivity index (χ2v) is 5.53. The second-order valence-electron chi connectivity index (χ2n) is 5.53. The molecular formula is C13H23NO2. The molecule has 0 aliphatic heterocycles. The van der Waals surface area contributed by atoms with Gasteiger partial charge >= 0.3 is 0 Å². The van der Waals surface area contributed by atoms with Gasteiger partial charge in [-0.2, -0.15) is 0 Å². The first-order chi connectivity index (χ1) is 7.68. The van der Waals surface area contributed by atoms with Crippen molar-refractivity contribution in [1.82, 2.24) is 0 Å². The van der Waals surface area contributed by atoms with Gasteiger partial charge in [-0.1, -0.05) is 32.1 Å². The van der Waals surface area contributed by atoms with E-state index in [0.29, 0.717) is 5.92 Å². The highest BCUT2D eigenvalue weighted by Gasteiger charge is 2.37.